The zero-order valence-electron chi connectivity index (χ0n) is 14.1. The van der Waals surface area contributed by atoms with E-state index in [0.29, 0.717) is 11.5 Å². The maximum absolute atomic E-state index is 12.1. The number of carbonyl (C=O) groups is 1. The zero-order chi connectivity index (χ0) is 16.8. The molecule has 0 bridgehead atoms. The average Bonchev–Trinajstić information content (AvgIpc) is 2.62. The van der Waals surface area contributed by atoms with E-state index in [1.54, 1.807) is 30.6 Å². The largest absolute Gasteiger partial charge is 0.306 e. The Balaban J connectivity index is 1.55. The van der Waals surface area contributed by atoms with Crippen LogP contribution in [0.15, 0.2) is 42.7 Å². The molecule has 126 valence electrons. The lowest BCUT2D eigenvalue weighted by atomic mass is 9.91. The third kappa shape index (κ3) is 4.61. The van der Waals surface area contributed by atoms with Gasteiger partial charge in [-0.1, -0.05) is 6.07 Å². The second kappa shape index (κ2) is 8.02. The second-order valence-electron chi connectivity index (χ2n) is 6.50. The molecule has 0 saturated carbocycles. The van der Waals surface area contributed by atoms with Gasteiger partial charge in [-0.25, -0.2) is 4.98 Å². The summed E-state index contributed by atoms with van der Waals surface area (Å²) in [6.45, 7) is 2.40. The molecule has 0 spiro atoms. The number of likely N-dealkylation sites (tertiary alicyclic amines) is 1. The molecule has 5 nitrogen and oxygen atoms in total. The number of hydrogen-bond acceptors (Lipinski definition) is 4. The molecule has 2 aromatic heterocycles. The molecule has 1 aliphatic rings. The van der Waals surface area contributed by atoms with Crippen LogP contribution < -0.4 is 5.32 Å². The van der Waals surface area contributed by atoms with Crippen molar-refractivity contribution in [2.24, 2.45) is 5.92 Å². The Kier molecular flexibility index (Phi) is 5.54. The lowest BCUT2D eigenvalue weighted by Crippen LogP contribution is -2.30. The van der Waals surface area contributed by atoms with Crippen LogP contribution in [0.3, 0.4) is 0 Å². The van der Waals surface area contributed by atoms with Gasteiger partial charge in [0, 0.05) is 12.4 Å². The average molecular weight is 324 g/mol. The van der Waals surface area contributed by atoms with Crippen molar-refractivity contribution >= 4 is 11.7 Å². The molecule has 0 aromatic carbocycles. The van der Waals surface area contributed by atoms with Crippen molar-refractivity contribution < 1.29 is 4.79 Å². The first kappa shape index (κ1) is 16.6. The fourth-order valence-electron chi connectivity index (χ4n) is 3.10. The lowest BCUT2D eigenvalue weighted by Gasteiger charge is -2.28. The van der Waals surface area contributed by atoms with E-state index in [1.807, 2.05) is 12.1 Å². The van der Waals surface area contributed by atoms with E-state index in [9.17, 15) is 4.79 Å². The van der Waals surface area contributed by atoms with E-state index in [2.05, 4.69) is 27.2 Å². The molecule has 3 heterocycles. The molecule has 1 aliphatic heterocycles. The van der Waals surface area contributed by atoms with Gasteiger partial charge in [-0.3, -0.25) is 9.78 Å². The number of rotatable bonds is 5. The number of pyridine rings is 2. The summed E-state index contributed by atoms with van der Waals surface area (Å²) >= 11 is 0. The van der Waals surface area contributed by atoms with E-state index in [1.165, 1.54) is 37.9 Å². The summed E-state index contributed by atoms with van der Waals surface area (Å²) in [5.41, 5.74) is 1.62. The fourth-order valence-corrected chi connectivity index (χ4v) is 3.10. The van der Waals surface area contributed by atoms with Gasteiger partial charge in [0.05, 0.1) is 0 Å². The standard InChI is InChI=1S/C19H24N4O/c1-23-12-8-15(9-13-23)5-6-16-7-11-21-18(14-16)22-19(24)17-4-2-3-10-20-17/h2-4,7,10-11,14-15H,5-6,8-9,12-13H2,1H3,(H,21,22,24). The maximum Gasteiger partial charge on any atom is 0.275 e. The smallest absolute Gasteiger partial charge is 0.275 e. The van der Waals surface area contributed by atoms with Gasteiger partial charge in [0.2, 0.25) is 0 Å². The SMILES string of the molecule is CN1CCC(CCc2ccnc(NC(=O)c3ccccn3)c2)CC1. The minimum Gasteiger partial charge on any atom is -0.306 e. The Morgan fingerprint density at radius 2 is 2.04 bits per heavy atom. The third-order valence-corrected chi connectivity index (χ3v) is 4.64. The van der Waals surface area contributed by atoms with Gasteiger partial charge in [-0.05, 0) is 81.6 Å². The van der Waals surface area contributed by atoms with Crippen molar-refractivity contribution in [3.05, 3.63) is 54.0 Å². The monoisotopic (exact) mass is 324 g/mol. The number of carbonyl (C=O) groups excluding carboxylic acids is 1. The first-order valence-electron chi connectivity index (χ1n) is 8.56. The van der Waals surface area contributed by atoms with Crippen LogP contribution in [0.5, 0.6) is 0 Å². The number of anilines is 1. The molecule has 5 heteroatoms. The van der Waals surface area contributed by atoms with E-state index in [-0.39, 0.29) is 5.91 Å². The van der Waals surface area contributed by atoms with Crippen molar-refractivity contribution in [3.63, 3.8) is 0 Å². The van der Waals surface area contributed by atoms with E-state index >= 15 is 0 Å². The van der Waals surface area contributed by atoms with Gasteiger partial charge in [0.15, 0.2) is 0 Å². The molecule has 0 aliphatic carbocycles. The highest BCUT2D eigenvalue weighted by Crippen LogP contribution is 2.22. The summed E-state index contributed by atoms with van der Waals surface area (Å²) in [7, 11) is 2.19. The van der Waals surface area contributed by atoms with Crippen molar-refractivity contribution in [2.45, 2.75) is 25.7 Å². The Morgan fingerprint density at radius 3 is 2.79 bits per heavy atom. The number of hydrogen-bond donors (Lipinski definition) is 1. The molecule has 0 atom stereocenters. The van der Waals surface area contributed by atoms with Crippen molar-refractivity contribution in [2.75, 3.05) is 25.5 Å². The summed E-state index contributed by atoms with van der Waals surface area (Å²) in [6, 6.07) is 9.28. The first-order valence-corrected chi connectivity index (χ1v) is 8.56. The molecule has 3 rings (SSSR count). The van der Waals surface area contributed by atoms with Crippen molar-refractivity contribution in [1.29, 1.82) is 0 Å². The first-order chi connectivity index (χ1) is 11.7. The summed E-state index contributed by atoms with van der Waals surface area (Å²) in [5.74, 6) is 1.17. The highest BCUT2D eigenvalue weighted by atomic mass is 16.1. The predicted octanol–water partition coefficient (Wildman–Crippen LogP) is 3.00. The van der Waals surface area contributed by atoms with Gasteiger partial charge in [-0.15, -0.1) is 0 Å². The molecular weight excluding hydrogens is 300 g/mol. The van der Waals surface area contributed by atoms with Crippen LogP contribution in [0.1, 0.15) is 35.3 Å². The van der Waals surface area contributed by atoms with Crippen molar-refractivity contribution in [3.8, 4) is 0 Å². The van der Waals surface area contributed by atoms with Gasteiger partial charge >= 0.3 is 0 Å². The molecule has 1 fully saturated rings. The number of aromatic nitrogens is 2. The minimum absolute atomic E-state index is 0.226. The van der Waals surface area contributed by atoms with Crippen LogP contribution in [0, 0.1) is 5.92 Å². The van der Waals surface area contributed by atoms with E-state index in [0.717, 1.165) is 12.3 Å². The van der Waals surface area contributed by atoms with Gasteiger partial charge in [0.1, 0.15) is 11.5 Å². The molecule has 2 aromatic rings. The minimum atomic E-state index is -0.226. The third-order valence-electron chi connectivity index (χ3n) is 4.64. The van der Waals surface area contributed by atoms with Crippen molar-refractivity contribution in [1.82, 2.24) is 14.9 Å². The van der Waals surface area contributed by atoms with Crippen LogP contribution in [0.25, 0.3) is 0 Å². The Bertz CT molecular complexity index is 666. The Morgan fingerprint density at radius 1 is 1.21 bits per heavy atom. The van der Waals surface area contributed by atoms with E-state index in [4.69, 9.17) is 0 Å². The van der Waals surface area contributed by atoms with Gasteiger partial charge in [-0.2, -0.15) is 0 Å². The summed E-state index contributed by atoms with van der Waals surface area (Å²) in [5, 5.41) is 2.82. The van der Waals surface area contributed by atoms with Crippen LogP contribution >= 0.6 is 0 Å². The molecule has 1 N–H and O–H groups in total. The Hall–Kier alpha value is -2.27. The van der Waals surface area contributed by atoms with Crippen LogP contribution in [-0.2, 0) is 6.42 Å². The van der Waals surface area contributed by atoms with Gasteiger partial charge in [0.25, 0.3) is 5.91 Å². The highest BCUT2D eigenvalue weighted by Gasteiger charge is 2.16. The van der Waals surface area contributed by atoms with Crippen LogP contribution in [0.4, 0.5) is 5.82 Å². The number of nitrogens with one attached hydrogen (secondary N) is 1. The normalized spacial score (nSPS) is 16.0. The maximum atomic E-state index is 12.1. The summed E-state index contributed by atoms with van der Waals surface area (Å²) < 4.78 is 0. The number of aryl methyl sites for hydroxylation is 1. The molecule has 0 unspecified atom stereocenters. The molecule has 1 amide bonds. The number of amides is 1. The molecule has 0 radical (unpaired) electrons. The Labute approximate surface area is 143 Å². The lowest BCUT2D eigenvalue weighted by molar-refractivity contribution is 0.102. The predicted molar refractivity (Wildman–Crippen MR) is 95.0 cm³/mol. The summed E-state index contributed by atoms with van der Waals surface area (Å²) in [6.07, 6.45) is 8.17. The fraction of sp³-hybridized carbons (Fsp3) is 0.421. The van der Waals surface area contributed by atoms with Crippen LogP contribution in [0.2, 0.25) is 0 Å². The van der Waals surface area contributed by atoms with Crippen LogP contribution in [-0.4, -0.2) is 40.9 Å². The topological polar surface area (TPSA) is 58.1 Å². The number of piperidine rings is 1. The molecule has 24 heavy (non-hydrogen) atoms. The molecule has 1 saturated heterocycles. The second-order valence-corrected chi connectivity index (χ2v) is 6.50. The zero-order valence-corrected chi connectivity index (χ0v) is 14.1. The summed E-state index contributed by atoms with van der Waals surface area (Å²) in [4.78, 5) is 22.8. The van der Waals surface area contributed by atoms with E-state index < -0.39 is 0 Å². The number of nitrogens with zero attached hydrogens (tertiary/aromatic N) is 3. The molecular formula is C19H24N4O. The highest BCUT2D eigenvalue weighted by molar-refractivity contribution is 6.02. The quantitative estimate of drug-likeness (QED) is 0.918. The van der Waals surface area contributed by atoms with Gasteiger partial charge < -0.3 is 10.2 Å².